The summed E-state index contributed by atoms with van der Waals surface area (Å²) in [4.78, 5) is 17.8. The molecule has 4 rings (SSSR count). The minimum absolute atomic E-state index is 0.143. The Morgan fingerprint density at radius 3 is 2.32 bits per heavy atom. The van der Waals surface area contributed by atoms with Gasteiger partial charge in [-0.25, -0.2) is 4.98 Å². The second-order valence-electron chi connectivity index (χ2n) is 8.64. The molecule has 34 heavy (non-hydrogen) atoms. The zero-order chi connectivity index (χ0) is 23.8. The van der Waals surface area contributed by atoms with Gasteiger partial charge in [0, 0.05) is 0 Å². The number of hydrogen-bond donors (Lipinski definition) is 3. The number of thiazole rings is 1. The molecule has 0 radical (unpaired) electrons. The number of rotatable bonds is 11. The maximum atomic E-state index is 12.8. The van der Waals surface area contributed by atoms with Crippen molar-refractivity contribution in [1.82, 2.24) is 10.3 Å². The smallest absolute Gasteiger partial charge is 0.237 e. The first-order valence-corrected chi connectivity index (χ1v) is 12.7. The average Bonchev–Trinajstić information content (AvgIpc) is 3.29. The molecule has 0 aliphatic carbocycles. The zero-order valence-electron chi connectivity index (χ0n) is 19.3. The van der Waals surface area contributed by atoms with E-state index in [2.05, 4.69) is 59.9 Å². The van der Waals surface area contributed by atoms with E-state index in [-0.39, 0.29) is 11.9 Å². The highest BCUT2D eigenvalue weighted by molar-refractivity contribution is 7.18. The summed E-state index contributed by atoms with van der Waals surface area (Å²) in [5.74, 6) is -0.143. The zero-order valence-corrected chi connectivity index (χ0v) is 20.1. The molecule has 6 heteroatoms. The van der Waals surface area contributed by atoms with Gasteiger partial charge < -0.3 is 16.8 Å². The third-order valence-corrected chi connectivity index (χ3v) is 7.10. The predicted molar refractivity (Wildman–Crippen MR) is 141 cm³/mol. The Morgan fingerprint density at radius 2 is 1.62 bits per heavy atom. The van der Waals surface area contributed by atoms with E-state index in [1.54, 1.807) is 11.3 Å². The van der Waals surface area contributed by atoms with Gasteiger partial charge in [-0.15, -0.1) is 11.3 Å². The molecule has 1 heterocycles. The number of amides is 1. The molecule has 4 aromatic rings. The van der Waals surface area contributed by atoms with E-state index in [9.17, 15) is 4.79 Å². The lowest BCUT2D eigenvalue weighted by molar-refractivity contribution is -0.123. The van der Waals surface area contributed by atoms with E-state index in [1.165, 1.54) is 16.7 Å². The fraction of sp³-hybridized carbons (Fsp3) is 0.286. The number of hydrogen-bond acceptors (Lipinski definition) is 5. The first kappa shape index (κ1) is 24.1. The molecular formula is C28H32N4OS. The molecule has 5 N–H and O–H groups in total. The van der Waals surface area contributed by atoms with Crippen LogP contribution in [0.1, 0.15) is 47.0 Å². The average molecular weight is 473 g/mol. The summed E-state index contributed by atoms with van der Waals surface area (Å²) in [6.07, 6.45) is 3.79. The number of nitrogens with zero attached hydrogens (tertiary/aromatic N) is 1. The number of aromatic nitrogens is 1. The second kappa shape index (κ2) is 11.9. The number of nitrogens with one attached hydrogen (secondary N) is 1. The summed E-state index contributed by atoms with van der Waals surface area (Å²) < 4.78 is 1.12. The fourth-order valence-corrected chi connectivity index (χ4v) is 5.08. The van der Waals surface area contributed by atoms with Gasteiger partial charge in [0.1, 0.15) is 5.01 Å². The molecule has 0 bridgehead atoms. The molecule has 176 valence electrons. The summed E-state index contributed by atoms with van der Waals surface area (Å²) in [6.45, 7) is 0.529. The number of aryl methyl sites for hydroxylation is 1. The Kier molecular flexibility index (Phi) is 8.41. The van der Waals surface area contributed by atoms with Gasteiger partial charge in [-0.1, -0.05) is 66.7 Å². The standard InChI is InChI=1S/C28H32N4OS/c29-17-7-12-23(30)27(33)31-24(15-13-20-8-3-1-4-9-20)28-32-25-19-22(14-16-26(25)34-28)18-21-10-5-2-6-11-21/h1-6,8-11,14,16,19,23-24H,7,12-13,15,17-18,29-30H2,(H,31,33)/t23-,24-/m1/s1. The Balaban J connectivity index is 1.54. The molecule has 0 saturated carbocycles. The Hall–Kier alpha value is -3.06. The SMILES string of the molecule is NCCC[C@@H](N)C(=O)N[C@H](CCc1ccccc1)c1nc2cc(Cc3ccccc3)ccc2s1. The number of benzene rings is 3. The van der Waals surface area contributed by atoms with Gasteiger partial charge in [-0.05, 0) is 67.5 Å². The molecule has 3 aromatic carbocycles. The van der Waals surface area contributed by atoms with E-state index in [4.69, 9.17) is 16.5 Å². The summed E-state index contributed by atoms with van der Waals surface area (Å²) in [5.41, 5.74) is 16.4. The van der Waals surface area contributed by atoms with E-state index < -0.39 is 6.04 Å². The lowest BCUT2D eigenvalue weighted by Gasteiger charge is -2.19. The van der Waals surface area contributed by atoms with Gasteiger partial charge in [0.2, 0.25) is 5.91 Å². The topological polar surface area (TPSA) is 94.0 Å². The maximum absolute atomic E-state index is 12.8. The summed E-state index contributed by atoms with van der Waals surface area (Å²) in [7, 11) is 0. The number of fused-ring (bicyclic) bond motifs is 1. The van der Waals surface area contributed by atoms with Crippen LogP contribution in [0.4, 0.5) is 0 Å². The van der Waals surface area contributed by atoms with Crippen molar-refractivity contribution in [3.63, 3.8) is 0 Å². The van der Waals surface area contributed by atoms with Gasteiger partial charge in [0.25, 0.3) is 0 Å². The van der Waals surface area contributed by atoms with Crippen LogP contribution in [0, 0.1) is 0 Å². The lowest BCUT2D eigenvalue weighted by atomic mass is 10.0. The van der Waals surface area contributed by atoms with Crippen LogP contribution in [0.2, 0.25) is 0 Å². The van der Waals surface area contributed by atoms with Crippen molar-refractivity contribution in [3.8, 4) is 0 Å². The Bertz CT molecular complexity index is 1190. The van der Waals surface area contributed by atoms with Crippen LogP contribution >= 0.6 is 11.3 Å². The highest BCUT2D eigenvalue weighted by Gasteiger charge is 2.22. The van der Waals surface area contributed by atoms with Crippen LogP contribution in [0.15, 0.2) is 78.9 Å². The van der Waals surface area contributed by atoms with Gasteiger partial charge in [-0.2, -0.15) is 0 Å². The second-order valence-corrected chi connectivity index (χ2v) is 9.70. The van der Waals surface area contributed by atoms with E-state index in [0.29, 0.717) is 13.0 Å². The van der Waals surface area contributed by atoms with Crippen molar-refractivity contribution in [3.05, 3.63) is 101 Å². The van der Waals surface area contributed by atoms with Gasteiger partial charge in [0.15, 0.2) is 0 Å². The van der Waals surface area contributed by atoms with Crippen molar-refractivity contribution in [1.29, 1.82) is 0 Å². The molecule has 0 unspecified atom stereocenters. The highest BCUT2D eigenvalue weighted by atomic mass is 32.1. The van der Waals surface area contributed by atoms with Crippen LogP contribution < -0.4 is 16.8 Å². The van der Waals surface area contributed by atoms with Crippen molar-refractivity contribution < 1.29 is 4.79 Å². The monoisotopic (exact) mass is 472 g/mol. The van der Waals surface area contributed by atoms with Crippen LogP contribution in [0.25, 0.3) is 10.2 Å². The number of nitrogens with two attached hydrogens (primary N) is 2. The molecule has 0 saturated heterocycles. The molecule has 2 atom stereocenters. The lowest BCUT2D eigenvalue weighted by Crippen LogP contribution is -2.42. The van der Waals surface area contributed by atoms with Crippen LogP contribution in [-0.2, 0) is 17.6 Å². The van der Waals surface area contributed by atoms with Crippen LogP contribution in [0.3, 0.4) is 0 Å². The third-order valence-electron chi connectivity index (χ3n) is 5.95. The molecule has 0 spiro atoms. The minimum atomic E-state index is -0.561. The van der Waals surface area contributed by atoms with Crippen LogP contribution in [-0.4, -0.2) is 23.5 Å². The first-order valence-electron chi connectivity index (χ1n) is 11.9. The minimum Gasteiger partial charge on any atom is -0.346 e. The molecule has 0 fully saturated rings. The first-order chi connectivity index (χ1) is 16.6. The van der Waals surface area contributed by atoms with Crippen molar-refractivity contribution >= 4 is 27.5 Å². The van der Waals surface area contributed by atoms with Gasteiger partial charge in [0.05, 0.1) is 22.3 Å². The largest absolute Gasteiger partial charge is 0.346 e. The third kappa shape index (κ3) is 6.50. The normalized spacial score (nSPS) is 13.0. The van der Waals surface area contributed by atoms with E-state index >= 15 is 0 Å². The van der Waals surface area contributed by atoms with Crippen molar-refractivity contribution in [2.24, 2.45) is 11.5 Å². The van der Waals surface area contributed by atoms with Crippen LogP contribution in [0.5, 0.6) is 0 Å². The fourth-order valence-electron chi connectivity index (χ4n) is 4.04. The quantitative estimate of drug-likeness (QED) is 0.294. The van der Waals surface area contributed by atoms with Crippen molar-refractivity contribution in [2.45, 2.75) is 44.2 Å². The Labute approximate surface area is 205 Å². The maximum Gasteiger partial charge on any atom is 0.237 e. The summed E-state index contributed by atoms with van der Waals surface area (Å²) in [6, 6.07) is 26.5. The molecule has 5 nitrogen and oxygen atoms in total. The van der Waals surface area contributed by atoms with Crippen molar-refractivity contribution in [2.75, 3.05) is 6.54 Å². The molecule has 1 aromatic heterocycles. The highest BCUT2D eigenvalue weighted by Crippen LogP contribution is 2.30. The van der Waals surface area contributed by atoms with E-state index in [0.717, 1.165) is 40.9 Å². The molecular weight excluding hydrogens is 440 g/mol. The summed E-state index contributed by atoms with van der Waals surface area (Å²) in [5, 5.41) is 4.09. The van der Waals surface area contributed by atoms with Gasteiger partial charge in [-0.3, -0.25) is 4.79 Å². The molecule has 1 amide bonds. The Morgan fingerprint density at radius 1 is 0.912 bits per heavy atom. The number of carbonyl (C=O) groups is 1. The summed E-state index contributed by atoms with van der Waals surface area (Å²) >= 11 is 1.64. The molecule has 0 aliphatic rings. The number of carbonyl (C=O) groups excluding carboxylic acids is 1. The van der Waals surface area contributed by atoms with E-state index in [1.807, 2.05) is 24.3 Å². The predicted octanol–water partition coefficient (Wildman–Crippen LogP) is 4.74. The van der Waals surface area contributed by atoms with Gasteiger partial charge >= 0.3 is 0 Å². The molecule has 0 aliphatic heterocycles.